The summed E-state index contributed by atoms with van der Waals surface area (Å²) < 4.78 is 9.62. The van der Waals surface area contributed by atoms with Gasteiger partial charge in [-0.25, -0.2) is 9.78 Å². The van der Waals surface area contributed by atoms with Crippen LogP contribution in [0.1, 0.15) is 30.2 Å². The smallest absolute Gasteiger partial charge is 0.360 e. The largest absolute Gasteiger partial charge is 0.464 e. The van der Waals surface area contributed by atoms with Crippen molar-refractivity contribution >= 4 is 23.5 Å². The zero-order valence-corrected chi connectivity index (χ0v) is 11.2. The lowest BCUT2D eigenvalue weighted by atomic mass is 10.3. The van der Waals surface area contributed by atoms with E-state index in [0.29, 0.717) is 0 Å². The summed E-state index contributed by atoms with van der Waals surface area (Å²) in [6.45, 7) is 3.88. The number of alkyl halides is 1. The number of nitrogens with zero attached hydrogens (tertiary/aromatic N) is 2. The molecule has 6 nitrogen and oxygen atoms in total. The van der Waals surface area contributed by atoms with Crippen LogP contribution in [0.15, 0.2) is 10.7 Å². The molecule has 0 aliphatic heterocycles. The van der Waals surface area contributed by atoms with E-state index in [0.717, 1.165) is 0 Å². The van der Waals surface area contributed by atoms with Crippen molar-refractivity contribution in [2.24, 2.45) is 0 Å². The van der Waals surface area contributed by atoms with Crippen molar-refractivity contribution in [2.45, 2.75) is 26.4 Å². The van der Waals surface area contributed by atoms with Gasteiger partial charge in [-0.1, -0.05) is 0 Å². The average molecular weight is 275 g/mol. The number of methoxy groups -OCH3 is 1. The van der Waals surface area contributed by atoms with E-state index in [4.69, 9.17) is 16.0 Å². The van der Waals surface area contributed by atoms with E-state index >= 15 is 0 Å². The molecule has 0 fully saturated rings. The zero-order chi connectivity index (χ0) is 13.7. The van der Waals surface area contributed by atoms with E-state index in [2.05, 4.69) is 9.72 Å². The molecule has 1 amide bonds. The van der Waals surface area contributed by atoms with Crippen molar-refractivity contribution < 1.29 is 18.7 Å². The van der Waals surface area contributed by atoms with Crippen LogP contribution in [0, 0.1) is 0 Å². The van der Waals surface area contributed by atoms with Crippen LogP contribution >= 0.6 is 11.6 Å². The molecule has 1 rings (SSSR count). The Balaban J connectivity index is 2.79. The third kappa shape index (κ3) is 3.46. The van der Waals surface area contributed by atoms with Gasteiger partial charge in [0, 0.05) is 6.04 Å². The minimum Gasteiger partial charge on any atom is -0.464 e. The first kappa shape index (κ1) is 14.5. The molecule has 0 aliphatic carbocycles. The lowest BCUT2D eigenvalue weighted by molar-refractivity contribution is -0.131. The maximum Gasteiger partial charge on any atom is 0.360 e. The topological polar surface area (TPSA) is 72.6 Å². The van der Waals surface area contributed by atoms with Crippen molar-refractivity contribution in [3.05, 3.63) is 17.8 Å². The van der Waals surface area contributed by atoms with Crippen LogP contribution in [-0.4, -0.2) is 40.8 Å². The Kier molecular flexibility index (Phi) is 5.15. The number of amides is 1. The second kappa shape index (κ2) is 6.39. The number of esters is 1. The SMILES string of the molecule is COC(=O)c1coc(CN(C(=O)CCl)C(C)C)n1. The van der Waals surface area contributed by atoms with Gasteiger partial charge in [0.05, 0.1) is 13.7 Å². The van der Waals surface area contributed by atoms with Gasteiger partial charge in [0.15, 0.2) is 5.69 Å². The summed E-state index contributed by atoms with van der Waals surface area (Å²) in [5.74, 6) is -0.639. The molecule has 100 valence electrons. The zero-order valence-electron chi connectivity index (χ0n) is 10.5. The Morgan fingerprint density at radius 1 is 1.56 bits per heavy atom. The highest BCUT2D eigenvalue weighted by Crippen LogP contribution is 2.10. The summed E-state index contributed by atoms with van der Waals surface area (Å²) in [5.41, 5.74) is 0.0783. The van der Waals surface area contributed by atoms with Crippen molar-refractivity contribution in [1.82, 2.24) is 9.88 Å². The number of ether oxygens (including phenoxy) is 1. The van der Waals surface area contributed by atoms with Crippen molar-refractivity contribution in [3.8, 4) is 0 Å². The molecular formula is C11H15ClN2O4. The molecular weight excluding hydrogens is 260 g/mol. The highest BCUT2D eigenvalue weighted by Gasteiger charge is 2.20. The van der Waals surface area contributed by atoms with Crippen molar-refractivity contribution in [1.29, 1.82) is 0 Å². The van der Waals surface area contributed by atoms with Crippen LogP contribution < -0.4 is 0 Å². The van der Waals surface area contributed by atoms with Crippen molar-refractivity contribution in [2.75, 3.05) is 13.0 Å². The fourth-order valence-corrected chi connectivity index (χ4v) is 1.52. The lowest BCUT2D eigenvalue weighted by Gasteiger charge is -2.24. The Morgan fingerprint density at radius 3 is 2.72 bits per heavy atom. The van der Waals surface area contributed by atoms with Gasteiger partial charge in [0.1, 0.15) is 12.1 Å². The highest BCUT2D eigenvalue weighted by atomic mass is 35.5. The van der Waals surface area contributed by atoms with Crippen LogP contribution in [0.3, 0.4) is 0 Å². The van der Waals surface area contributed by atoms with E-state index in [1.54, 1.807) is 0 Å². The normalized spacial score (nSPS) is 10.5. The summed E-state index contributed by atoms with van der Waals surface area (Å²) >= 11 is 5.52. The molecule has 0 atom stereocenters. The first-order valence-electron chi connectivity index (χ1n) is 5.37. The number of rotatable bonds is 5. The quantitative estimate of drug-likeness (QED) is 0.600. The molecule has 0 unspecified atom stereocenters. The molecule has 0 aliphatic rings. The molecule has 0 N–H and O–H groups in total. The summed E-state index contributed by atoms with van der Waals surface area (Å²) in [7, 11) is 1.26. The number of carbonyl (C=O) groups is 2. The van der Waals surface area contributed by atoms with Gasteiger partial charge in [0.25, 0.3) is 0 Å². The van der Waals surface area contributed by atoms with Crippen LogP contribution in [0.2, 0.25) is 0 Å². The fraction of sp³-hybridized carbons (Fsp3) is 0.545. The van der Waals surface area contributed by atoms with Gasteiger partial charge < -0.3 is 14.1 Å². The van der Waals surface area contributed by atoms with Crippen LogP contribution in [0.4, 0.5) is 0 Å². The molecule has 18 heavy (non-hydrogen) atoms. The second-order valence-electron chi connectivity index (χ2n) is 3.87. The molecule has 0 spiro atoms. The van der Waals surface area contributed by atoms with Crippen molar-refractivity contribution in [3.63, 3.8) is 0 Å². The Morgan fingerprint density at radius 2 is 2.22 bits per heavy atom. The van der Waals surface area contributed by atoms with Crippen LogP contribution in [-0.2, 0) is 16.1 Å². The number of hydrogen-bond acceptors (Lipinski definition) is 5. The Labute approximate surface area is 110 Å². The average Bonchev–Trinajstić information content (AvgIpc) is 2.82. The number of halogens is 1. The third-order valence-electron chi connectivity index (χ3n) is 2.31. The molecule has 7 heteroatoms. The summed E-state index contributed by atoms with van der Waals surface area (Å²) in [6.07, 6.45) is 1.20. The minimum absolute atomic E-state index is 0.0373. The van der Waals surface area contributed by atoms with Crippen LogP contribution in [0.25, 0.3) is 0 Å². The maximum absolute atomic E-state index is 11.6. The van der Waals surface area contributed by atoms with Crippen LogP contribution in [0.5, 0.6) is 0 Å². The molecule has 0 radical (unpaired) electrons. The summed E-state index contributed by atoms with van der Waals surface area (Å²) in [6, 6.07) is -0.0373. The fourth-order valence-electron chi connectivity index (χ4n) is 1.36. The van der Waals surface area contributed by atoms with Gasteiger partial charge in [-0.15, -0.1) is 11.6 Å². The van der Waals surface area contributed by atoms with Gasteiger partial charge >= 0.3 is 5.97 Å². The van der Waals surface area contributed by atoms with E-state index in [1.165, 1.54) is 18.3 Å². The highest BCUT2D eigenvalue weighted by molar-refractivity contribution is 6.27. The molecule has 1 aromatic heterocycles. The Bertz CT molecular complexity index is 430. The second-order valence-corrected chi connectivity index (χ2v) is 4.13. The molecule has 1 aromatic rings. The molecule has 1 heterocycles. The number of aromatic nitrogens is 1. The van der Waals surface area contributed by atoms with E-state index in [9.17, 15) is 9.59 Å². The van der Waals surface area contributed by atoms with Gasteiger partial charge in [-0.05, 0) is 13.8 Å². The first-order chi connectivity index (χ1) is 8.49. The van der Waals surface area contributed by atoms with Gasteiger partial charge in [0.2, 0.25) is 11.8 Å². The number of hydrogen-bond donors (Lipinski definition) is 0. The predicted octanol–water partition coefficient (Wildman–Crippen LogP) is 1.44. The minimum atomic E-state index is -0.579. The Hall–Kier alpha value is -1.56. The molecule has 0 aromatic carbocycles. The van der Waals surface area contributed by atoms with E-state index < -0.39 is 5.97 Å². The molecule has 0 bridgehead atoms. The van der Waals surface area contributed by atoms with Gasteiger partial charge in [-0.2, -0.15) is 0 Å². The summed E-state index contributed by atoms with van der Waals surface area (Å²) in [5, 5.41) is 0. The van der Waals surface area contributed by atoms with Gasteiger partial charge in [-0.3, -0.25) is 4.79 Å². The molecule has 0 saturated carbocycles. The maximum atomic E-state index is 11.6. The van der Waals surface area contributed by atoms with E-state index in [1.807, 2.05) is 13.8 Å². The third-order valence-corrected chi connectivity index (χ3v) is 2.54. The molecule has 0 saturated heterocycles. The number of oxazole rings is 1. The first-order valence-corrected chi connectivity index (χ1v) is 5.91. The standard InChI is InChI=1S/C11H15ClN2O4/c1-7(2)14(10(15)4-12)5-9-13-8(6-18-9)11(16)17-3/h6-7H,4-5H2,1-3H3. The monoisotopic (exact) mass is 274 g/mol. The lowest BCUT2D eigenvalue weighted by Crippen LogP contribution is -2.37. The number of carbonyl (C=O) groups excluding carboxylic acids is 2. The predicted molar refractivity (Wildman–Crippen MR) is 64.2 cm³/mol. The van der Waals surface area contributed by atoms with E-state index in [-0.39, 0.29) is 36.0 Å². The summed E-state index contributed by atoms with van der Waals surface area (Å²) in [4.78, 5) is 28.2.